The number of anilines is 1. The lowest BCUT2D eigenvalue weighted by Gasteiger charge is -2.23. The van der Waals surface area contributed by atoms with E-state index >= 15 is 0 Å². The third-order valence-corrected chi connectivity index (χ3v) is 4.50. The molecule has 1 atom stereocenters. The Labute approximate surface area is 105 Å². The fourth-order valence-electron chi connectivity index (χ4n) is 1.98. The molecular formula is C12H16N2O2S. The maximum atomic E-state index is 11.0. The predicted octanol–water partition coefficient (Wildman–Crippen LogP) is 2.48. The molecule has 92 valence electrons. The molecule has 0 spiro atoms. The quantitative estimate of drug-likeness (QED) is 0.862. The van der Waals surface area contributed by atoms with Gasteiger partial charge in [-0.2, -0.15) is 11.8 Å². The fraction of sp³-hybridized carbons (Fsp3) is 0.500. The van der Waals surface area contributed by atoms with Gasteiger partial charge in [0.1, 0.15) is 0 Å². The zero-order valence-corrected chi connectivity index (χ0v) is 10.6. The molecular weight excluding hydrogens is 236 g/mol. The topological polar surface area (TPSA) is 62.2 Å². The summed E-state index contributed by atoms with van der Waals surface area (Å²) in [6.07, 6.45) is 3.91. The van der Waals surface area contributed by atoms with Crippen molar-refractivity contribution >= 4 is 23.4 Å². The first-order valence-electron chi connectivity index (χ1n) is 5.67. The summed E-state index contributed by atoms with van der Waals surface area (Å²) < 4.78 is 0.214. The van der Waals surface area contributed by atoms with Gasteiger partial charge in [0.25, 0.3) is 0 Å². The van der Waals surface area contributed by atoms with E-state index in [1.54, 1.807) is 12.1 Å². The Morgan fingerprint density at radius 2 is 2.53 bits per heavy atom. The van der Waals surface area contributed by atoms with Crippen molar-refractivity contribution in [2.24, 2.45) is 0 Å². The van der Waals surface area contributed by atoms with E-state index in [1.165, 1.54) is 24.8 Å². The van der Waals surface area contributed by atoms with Gasteiger partial charge in [0, 0.05) is 17.5 Å². The van der Waals surface area contributed by atoms with Crippen molar-refractivity contribution in [3.05, 3.63) is 24.0 Å². The highest BCUT2D eigenvalue weighted by Gasteiger charge is 2.29. The van der Waals surface area contributed by atoms with Crippen LogP contribution in [0.2, 0.25) is 0 Å². The summed E-state index contributed by atoms with van der Waals surface area (Å²) in [6.45, 7) is 3.00. The number of pyridine rings is 1. The van der Waals surface area contributed by atoms with Crippen LogP contribution in [0.3, 0.4) is 0 Å². The SMILES string of the molecule is CC1(CNc2cccnc2C(=O)O)CCCS1. The summed E-state index contributed by atoms with van der Waals surface area (Å²) in [5.41, 5.74) is 0.702. The molecule has 1 saturated heterocycles. The Morgan fingerprint density at radius 1 is 1.71 bits per heavy atom. The normalized spacial score (nSPS) is 23.6. The van der Waals surface area contributed by atoms with Crippen LogP contribution in [0, 0.1) is 0 Å². The van der Waals surface area contributed by atoms with Crippen LogP contribution < -0.4 is 5.32 Å². The van der Waals surface area contributed by atoms with E-state index in [-0.39, 0.29) is 10.4 Å². The first-order valence-corrected chi connectivity index (χ1v) is 6.65. The molecule has 4 nitrogen and oxygen atoms in total. The van der Waals surface area contributed by atoms with Gasteiger partial charge >= 0.3 is 5.97 Å². The standard InChI is InChI=1S/C12H16N2O2S/c1-12(5-3-7-17-12)8-14-9-4-2-6-13-10(9)11(15)16/h2,4,6,14H,3,5,7-8H2,1H3,(H,15,16). The van der Waals surface area contributed by atoms with E-state index in [0.717, 1.165) is 6.54 Å². The first-order chi connectivity index (χ1) is 8.11. The Morgan fingerprint density at radius 3 is 3.18 bits per heavy atom. The van der Waals surface area contributed by atoms with Crippen LogP contribution in [0.5, 0.6) is 0 Å². The lowest BCUT2D eigenvalue weighted by molar-refractivity contribution is 0.0691. The van der Waals surface area contributed by atoms with E-state index in [1.807, 2.05) is 11.8 Å². The number of thioether (sulfide) groups is 1. The summed E-state index contributed by atoms with van der Waals surface area (Å²) in [5, 5.41) is 12.2. The number of hydrogen-bond acceptors (Lipinski definition) is 4. The third kappa shape index (κ3) is 2.91. The van der Waals surface area contributed by atoms with Crippen molar-refractivity contribution in [3.8, 4) is 0 Å². The van der Waals surface area contributed by atoms with Gasteiger partial charge in [0.15, 0.2) is 5.69 Å². The molecule has 2 rings (SSSR count). The highest BCUT2D eigenvalue weighted by atomic mass is 32.2. The number of hydrogen-bond donors (Lipinski definition) is 2. The second-order valence-corrected chi connectivity index (χ2v) is 6.14. The molecule has 1 aliphatic rings. The van der Waals surface area contributed by atoms with Crippen molar-refractivity contribution < 1.29 is 9.90 Å². The van der Waals surface area contributed by atoms with Gasteiger partial charge in [0.2, 0.25) is 0 Å². The Kier molecular flexibility index (Phi) is 3.57. The summed E-state index contributed by atoms with van der Waals surface area (Å²) >= 11 is 1.95. The number of carboxylic acid groups (broad SMARTS) is 1. The Balaban J connectivity index is 2.06. The zero-order chi connectivity index (χ0) is 12.3. The number of nitrogens with zero attached hydrogens (tertiary/aromatic N) is 1. The predicted molar refractivity (Wildman–Crippen MR) is 69.8 cm³/mol. The third-order valence-electron chi connectivity index (χ3n) is 2.96. The summed E-state index contributed by atoms with van der Waals surface area (Å²) in [4.78, 5) is 14.9. The van der Waals surface area contributed by atoms with Gasteiger partial charge in [-0.05, 0) is 37.7 Å². The molecule has 0 saturated carbocycles. The molecule has 5 heteroatoms. The smallest absolute Gasteiger partial charge is 0.356 e. The summed E-state index contributed by atoms with van der Waals surface area (Å²) in [7, 11) is 0. The van der Waals surface area contributed by atoms with Crippen LogP contribution in [0.4, 0.5) is 5.69 Å². The molecule has 17 heavy (non-hydrogen) atoms. The van der Waals surface area contributed by atoms with Crippen LogP contribution in [-0.4, -0.2) is 33.1 Å². The van der Waals surface area contributed by atoms with Crippen LogP contribution in [0.15, 0.2) is 18.3 Å². The van der Waals surface area contributed by atoms with E-state index in [0.29, 0.717) is 5.69 Å². The zero-order valence-electron chi connectivity index (χ0n) is 9.77. The summed E-state index contributed by atoms with van der Waals surface area (Å²) in [6, 6.07) is 3.51. The van der Waals surface area contributed by atoms with Crippen LogP contribution in [0.25, 0.3) is 0 Å². The fourth-order valence-corrected chi connectivity index (χ4v) is 3.22. The number of carbonyl (C=O) groups is 1. The second-order valence-electron chi connectivity index (χ2n) is 4.46. The number of rotatable bonds is 4. The Hall–Kier alpha value is -1.23. The maximum Gasteiger partial charge on any atom is 0.356 e. The minimum atomic E-state index is -0.989. The highest BCUT2D eigenvalue weighted by Crippen LogP contribution is 2.37. The van der Waals surface area contributed by atoms with Gasteiger partial charge < -0.3 is 10.4 Å². The van der Waals surface area contributed by atoms with E-state index < -0.39 is 5.97 Å². The van der Waals surface area contributed by atoms with Crippen molar-refractivity contribution in [2.45, 2.75) is 24.5 Å². The minimum Gasteiger partial charge on any atom is -0.476 e. The lowest BCUT2D eigenvalue weighted by atomic mass is 10.1. The first kappa shape index (κ1) is 12.2. The molecule has 0 aromatic carbocycles. The van der Waals surface area contributed by atoms with Crippen molar-refractivity contribution in [3.63, 3.8) is 0 Å². The number of nitrogens with one attached hydrogen (secondary N) is 1. The van der Waals surface area contributed by atoms with Crippen molar-refractivity contribution in [1.82, 2.24) is 4.98 Å². The number of carboxylic acids is 1. The van der Waals surface area contributed by atoms with Gasteiger partial charge in [-0.1, -0.05) is 0 Å². The van der Waals surface area contributed by atoms with Crippen molar-refractivity contribution in [1.29, 1.82) is 0 Å². The van der Waals surface area contributed by atoms with E-state index in [4.69, 9.17) is 5.11 Å². The molecule has 0 amide bonds. The van der Waals surface area contributed by atoms with Crippen LogP contribution >= 0.6 is 11.8 Å². The largest absolute Gasteiger partial charge is 0.476 e. The second kappa shape index (κ2) is 4.96. The van der Waals surface area contributed by atoms with Crippen molar-refractivity contribution in [2.75, 3.05) is 17.6 Å². The molecule has 0 aliphatic carbocycles. The lowest BCUT2D eigenvalue weighted by Crippen LogP contribution is -2.27. The molecule has 1 aromatic rings. The molecule has 1 aliphatic heterocycles. The maximum absolute atomic E-state index is 11.0. The van der Waals surface area contributed by atoms with Crippen LogP contribution in [-0.2, 0) is 0 Å². The van der Waals surface area contributed by atoms with Gasteiger partial charge in [0.05, 0.1) is 5.69 Å². The summed E-state index contributed by atoms with van der Waals surface area (Å²) in [5.74, 6) is 0.203. The number of aromatic nitrogens is 1. The molecule has 1 fully saturated rings. The monoisotopic (exact) mass is 252 g/mol. The molecule has 0 radical (unpaired) electrons. The number of aromatic carboxylic acids is 1. The average Bonchev–Trinajstić information content (AvgIpc) is 2.74. The molecule has 2 N–H and O–H groups in total. The minimum absolute atomic E-state index is 0.0964. The molecule has 2 heterocycles. The molecule has 1 unspecified atom stereocenters. The van der Waals surface area contributed by atoms with Gasteiger partial charge in [-0.15, -0.1) is 0 Å². The van der Waals surface area contributed by atoms with Gasteiger partial charge in [-0.3, -0.25) is 0 Å². The molecule has 0 bridgehead atoms. The van der Waals surface area contributed by atoms with E-state index in [2.05, 4.69) is 17.2 Å². The van der Waals surface area contributed by atoms with E-state index in [9.17, 15) is 4.79 Å². The Bertz CT molecular complexity index is 417. The van der Waals surface area contributed by atoms with Gasteiger partial charge in [-0.25, -0.2) is 9.78 Å². The highest BCUT2D eigenvalue weighted by molar-refractivity contribution is 8.00. The van der Waals surface area contributed by atoms with Crippen LogP contribution in [0.1, 0.15) is 30.3 Å². The molecule has 1 aromatic heterocycles. The average molecular weight is 252 g/mol.